The molecular formula is C14H12N2. The van der Waals surface area contributed by atoms with Gasteiger partial charge in [-0.05, 0) is 24.1 Å². The van der Waals surface area contributed by atoms with Crippen LogP contribution in [0.5, 0.6) is 0 Å². The van der Waals surface area contributed by atoms with Gasteiger partial charge < -0.3 is 4.98 Å². The molecule has 0 radical (unpaired) electrons. The third-order valence-electron chi connectivity index (χ3n) is 2.92. The molecule has 0 aliphatic rings. The van der Waals surface area contributed by atoms with E-state index in [2.05, 4.69) is 41.2 Å². The number of aromatic nitrogens is 2. The molecule has 0 amide bonds. The Labute approximate surface area is 94.0 Å². The van der Waals surface area contributed by atoms with E-state index in [1.165, 1.54) is 22.2 Å². The summed E-state index contributed by atoms with van der Waals surface area (Å²) in [5.74, 6) is 0. The van der Waals surface area contributed by atoms with E-state index < -0.39 is 0 Å². The lowest BCUT2D eigenvalue weighted by molar-refractivity contribution is 1.35. The largest absolute Gasteiger partial charge is 0.354 e. The highest BCUT2D eigenvalue weighted by Crippen LogP contribution is 2.28. The normalized spacial score (nSPS) is 10.8. The lowest BCUT2D eigenvalue weighted by Gasteiger charge is -1.98. The zero-order valence-electron chi connectivity index (χ0n) is 9.07. The standard InChI is InChI=1S/C14H12N2/c1-10-12-9-15-8-7-13(12)16-14(10)11-5-3-2-4-6-11/h2-9,16H,1H3. The van der Waals surface area contributed by atoms with E-state index in [-0.39, 0.29) is 0 Å². The van der Waals surface area contributed by atoms with Gasteiger partial charge in [0.05, 0.1) is 0 Å². The Bertz CT molecular complexity index is 624. The Kier molecular flexibility index (Phi) is 2.00. The van der Waals surface area contributed by atoms with Gasteiger partial charge in [-0.3, -0.25) is 4.98 Å². The number of benzene rings is 1. The van der Waals surface area contributed by atoms with Crippen LogP contribution in [0.1, 0.15) is 5.56 Å². The lowest BCUT2D eigenvalue weighted by atomic mass is 10.1. The Hall–Kier alpha value is -2.09. The number of aryl methyl sites for hydroxylation is 1. The van der Waals surface area contributed by atoms with Crippen molar-refractivity contribution in [1.29, 1.82) is 0 Å². The van der Waals surface area contributed by atoms with Gasteiger partial charge in [0.25, 0.3) is 0 Å². The summed E-state index contributed by atoms with van der Waals surface area (Å²) >= 11 is 0. The van der Waals surface area contributed by atoms with Gasteiger partial charge in [-0.2, -0.15) is 0 Å². The van der Waals surface area contributed by atoms with E-state index in [0.29, 0.717) is 0 Å². The topological polar surface area (TPSA) is 28.7 Å². The molecule has 1 aromatic carbocycles. The van der Waals surface area contributed by atoms with Crippen molar-refractivity contribution in [2.24, 2.45) is 0 Å². The van der Waals surface area contributed by atoms with Gasteiger partial charge in [-0.15, -0.1) is 0 Å². The fourth-order valence-corrected chi connectivity index (χ4v) is 2.06. The SMILES string of the molecule is Cc1c(-c2ccccc2)[nH]c2ccncc12. The zero-order valence-corrected chi connectivity index (χ0v) is 9.07. The highest BCUT2D eigenvalue weighted by Gasteiger charge is 2.08. The van der Waals surface area contributed by atoms with E-state index in [1.54, 1.807) is 0 Å². The fourth-order valence-electron chi connectivity index (χ4n) is 2.06. The molecule has 0 saturated carbocycles. The predicted octanol–water partition coefficient (Wildman–Crippen LogP) is 3.54. The second-order valence-corrected chi connectivity index (χ2v) is 3.91. The fraction of sp³-hybridized carbons (Fsp3) is 0.0714. The smallest absolute Gasteiger partial charge is 0.0495 e. The molecule has 2 heterocycles. The van der Waals surface area contributed by atoms with Crippen molar-refractivity contribution in [3.8, 4) is 11.3 Å². The minimum Gasteiger partial charge on any atom is -0.354 e. The van der Waals surface area contributed by atoms with Crippen LogP contribution in [-0.2, 0) is 0 Å². The number of hydrogen-bond acceptors (Lipinski definition) is 1. The van der Waals surface area contributed by atoms with Gasteiger partial charge in [0.1, 0.15) is 0 Å². The van der Waals surface area contributed by atoms with Crippen LogP contribution < -0.4 is 0 Å². The maximum atomic E-state index is 4.16. The van der Waals surface area contributed by atoms with Gasteiger partial charge in [-0.25, -0.2) is 0 Å². The maximum absolute atomic E-state index is 4.16. The predicted molar refractivity (Wildman–Crippen MR) is 66.3 cm³/mol. The Balaban J connectivity index is 2.29. The van der Waals surface area contributed by atoms with Crippen molar-refractivity contribution >= 4 is 10.9 Å². The maximum Gasteiger partial charge on any atom is 0.0495 e. The van der Waals surface area contributed by atoms with Crippen LogP contribution in [0.2, 0.25) is 0 Å². The molecule has 0 unspecified atom stereocenters. The summed E-state index contributed by atoms with van der Waals surface area (Å²) in [6.45, 7) is 2.13. The van der Waals surface area contributed by atoms with Gasteiger partial charge in [-0.1, -0.05) is 30.3 Å². The van der Waals surface area contributed by atoms with Crippen molar-refractivity contribution in [3.63, 3.8) is 0 Å². The van der Waals surface area contributed by atoms with Crippen LogP contribution in [-0.4, -0.2) is 9.97 Å². The lowest BCUT2D eigenvalue weighted by Crippen LogP contribution is -1.78. The Morgan fingerprint density at radius 3 is 2.62 bits per heavy atom. The highest BCUT2D eigenvalue weighted by molar-refractivity contribution is 5.89. The summed E-state index contributed by atoms with van der Waals surface area (Å²) in [6, 6.07) is 12.4. The third kappa shape index (κ3) is 1.31. The number of aromatic amines is 1. The number of fused-ring (bicyclic) bond motifs is 1. The molecule has 0 saturated heterocycles. The molecule has 3 aromatic rings. The molecule has 2 heteroatoms. The molecular weight excluding hydrogens is 196 g/mol. The second kappa shape index (κ2) is 3.49. The first-order chi connectivity index (χ1) is 7.86. The summed E-state index contributed by atoms with van der Waals surface area (Å²) in [4.78, 5) is 7.60. The van der Waals surface area contributed by atoms with Crippen LogP contribution in [0.4, 0.5) is 0 Å². The monoisotopic (exact) mass is 208 g/mol. The van der Waals surface area contributed by atoms with Gasteiger partial charge in [0, 0.05) is 29.0 Å². The number of H-pyrrole nitrogens is 1. The molecule has 78 valence electrons. The van der Waals surface area contributed by atoms with E-state index in [0.717, 1.165) is 5.52 Å². The summed E-state index contributed by atoms with van der Waals surface area (Å²) in [6.07, 6.45) is 3.72. The average molecular weight is 208 g/mol. The van der Waals surface area contributed by atoms with Crippen LogP contribution in [0.25, 0.3) is 22.2 Å². The first kappa shape index (κ1) is 9.16. The zero-order chi connectivity index (χ0) is 11.0. The molecule has 2 nitrogen and oxygen atoms in total. The number of nitrogens with zero attached hydrogens (tertiary/aromatic N) is 1. The molecule has 3 rings (SSSR count). The molecule has 0 fully saturated rings. The molecule has 0 bridgehead atoms. The van der Waals surface area contributed by atoms with E-state index in [9.17, 15) is 0 Å². The van der Waals surface area contributed by atoms with Crippen LogP contribution in [0, 0.1) is 6.92 Å². The Morgan fingerprint density at radius 1 is 1.06 bits per heavy atom. The van der Waals surface area contributed by atoms with E-state index >= 15 is 0 Å². The van der Waals surface area contributed by atoms with Crippen LogP contribution in [0.3, 0.4) is 0 Å². The first-order valence-corrected chi connectivity index (χ1v) is 5.34. The van der Waals surface area contributed by atoms with Crippen molar-refractivity contribution in [2.75, 3.05) is 0 Å². The van der Waals surface area contributed by atoms with Crippen molar-refractivity contribution in [3.05, 3.63) is 54.4 Å². The van der Waals surface area contributed by atoms with Crippen molar-refractivity contribution < 1.29 is 0 Å². The summed E-state index contributed by atoms with van der Waals surface area (Å²) in [5, 5.41) is 1.20. The molecule has 0 aliphatic heterocycles. The van der Waals surface area contributed by atoms with Crippen molar-refractivity contribution in [1.82, 2.24) is 9.97 Å². The molecule has 1 N–H and O–H groups in total. The summed E-state index contributed by atoms with van der Waals surface area (Å²) < 4.78 is 0. The Morgan fingerprint density at radius 2 is 1.88 bits per heavy atom. The number of rotatable bonds is 1. The third-order valence-corrected chi connectivity index (χ3v) is 2.92. The summed E-state index contributed by atoms with van der Waals surface area (Å²) in [5.41, 5.74) is 4.81. The minimum atomic E-state index is 1.14. The summed E-state index contributed by atoms with van der Waals surface area (Å²) in [7, 11) is 0. The quantitative estimate of drug-likeness (QED) is 0.651. The average Bonchev–Trinajstić information content (AvgIpc) is 2.69. The van der Waals surface area contributed by atoms with Gasteiger partial charge in [0.2, 0.25) is 0 Å². The highest BCUT2D eigenvalue weighted by atomic mass is 14.7. The molecule has 0 aliphatic carbocycles. The van der Waals surface area contributed by atoms with Gasteiger partial charge >= 0.3 is 0 Å². The molecule has 16 heavy (non-hydrogen) atoms. The number of pyridine rings is 1. The van der Waals surface area contributed by atoms with E-state index in [1.807, 2.05) is 24.5 Å². The molecule has 0 spiro atoms. The number of hydrogen-bond donors (Lipinski definition) is 1. The number of nitrogens with one attached hydrogen (secondary N) is 1. The molecule has 2 aromatic heterocycles. The van der Waals surface area contributed by atoms with Crippen molar-refractivity contribution in [2.45, 2.75) is 6.92 Å². The molecule has 0 atom stereocenters. The van der Waals surface area contributed by atoms with E-state index in [4.69, 9.17) is 0 Å². The van der Waals surface area contributed by atoms with Crippen LogP contribution >= 0.6 is 0 Å². The first-order valence-electron chi connectivity index (χ1n) is 5.34. The van der Waals surface area contributed by atoms with Crippen LogP contribution in [0.15, 0.2) is 48.8 Å². The second-order valence-electron chi connectivity index (χ2n) is 3.91. The minimum absolute atomic E-state index is 1.14. The van der Waals surface area contributed by atoms with Gasteiger partial charge in [0.15, 0.2) is 0 Å².